The Hall–Kier alpha value is -3.48. The first kappa shape index (κ1) is 22.2. The average Bonchev–Trinajstić information content (AvgIpc) is 2.74. The molecule has 0 saturated heterocycles. The van der Waals surface area contributed by atoms with E-state index in [1.54, 1.807) is 43.4 Å². The number of aryl methyl sites for hydroxylation is 2. The number of carbonyl (C=O) groups excluding carboxylic acids is 1. The highest BCUT2D eigenvalue weighted by Gasteiger charge is 2.18. The van der Waals surface area contributed by atoms with Crippen LogP contribution in [0.1, 0.15) is 30.0 Å². The van der Waals surface area contributed by atoms with Crippen LogP contribution in [0, 0.1) is 13.8 Å². The standard InChI is InChI=1S/C24H29N3O4/c1-6-9-27(24(29)25-20-8-7-18(30-4)13-21(20)31-5)14-17-12-22(28)26-23-16(3)10-15(2)11-19(17)23/h7-8,10-13H,6,9,14H2,1-5H3,(H,25,29)(H,26,28). The number of hydrogen-bond acceptors (Lipinski definition) is 4. The number of aromatic amines is 1. The predicted octanol–water partition coefficient (Wildman–Crippen LogP) is 4.61. The Balaban J connectivity index is 1.93. The summed E-state index contributed by atoms with van der Waals surface area (Å²) in [6.45, 7) is 6.87. The molecular weight excluding hydrogens is 394 g/mol. The molecule has 2 amide bonds. The lowest BCUT2D eigenvalue weighted by molar-refractivity contribution is 0.209. The van der Waals surface area contributed by atoms with Gasteiger partial charge in [0.2, 0.25) is 5.56 Å². The van der Waals surface area contributed by atoms with Crippen LogP contribution in [0.15, 0.2) is 41.2 Å². The van der Waals surface area contributed by atoms with Gasteiger partial charge >= 0.3 is 6.03 Å². The molecule has 0 bridgehead atoms. The maximum absolute atomic E-state index is 13.1. The van der Waals surface area contributed by atoms with Crippen molar-refractivity contribution in [3.05, 3.63) is 63.4 Å². The monoisotopic (exact) mass is 423 g/mol. The number of urea groups is 1. The Morgan fingerprint density at radius 2 is 1.87 bits per heavy atom. The Morgan fingerprint density at radius 1 is 1.10 bits per heavy atom. The van der Waals surface area contributed by atoms with E-state index < -0.39 is 0 Å². The van der Waals surface area contributed by atoms with Crippen molar-refractivity contribution in [1.29, 1.82) is 0 Å². The Labute approximate surface area is 182 Å². The molecule has 31 heavy (non-hydrogen) atoms. The second kappa shape index (κ2) is 9.55. The van der Waals surface area contributed by atoms with Gasteiger partial charge in [-0.05, 0) is 49.6 Å². The molecule has 3 rings (SSSR count). The topological polar surface area (TPSA) is 83.7 Å². The van der Waals surface area contributed by atoms with Crippen LogP contribution in [0.5, 0.6) is 11.5 Å². The number of methoxy groups -OCH3 is 2. The van der Waals surface area contributed by atoms with Crippen molar-refractivity contribution in [3.63, 3.8) is 0 Å². The van der Waals surface area contributed by atoms with Crippen molar-refractivity contribution >= 4 is 22.6 Å². The van der Waals surface area contributed by atoms with Crippen molar-refractivity contribution in [2.75, 3.05) is 26.1 Å². The number of H-pyrrole nitrogens is 1. The Kier molecular flexibility index (Phi) is 6.84. The predicted molar refractivity (Wildman–Crippen MR) is 123 cm³/mol. The van der Waals surface area contributed by atoms with E-state index >= 15 is 0 Å². The van der Waals surface area contributed by atoms with Gasteiger partial charge in [0, 0.05) is 30.6 Å². The number of hydrogen-bond donors (Lipinski definition) is 2. The van der Waals surface area contributed by atoms with E-state index in [0.717, 1.165) is 34.0 Å². The van der Waals surface area contributed by atoms with Crippen molar-refractivity contribution in [1.82, 2.24) is 9.88 Å². The van der Waals surface area contributed by atoms with Crippen LogP contribution in [0.3, 0.4) is 0 Å². The molecule has 0 radical (unpaired) electrons. The van der Waals surface area contributed by atoms with Gasteiger partial charge in [0.1, 0.15) is 11.5 Å². The molecule has 0 unspecified atom stereocenters. The fraction of sp³-hybridized carbons (Fsp3) is 0.333. The molecule has 1 aromatic heterocycles. The van der Waals surface area contributed by atoms with Crippen LogP contribution >= 0.6 is 0 Å². The van der Waals surface area contributed by atoms with Gasteiger partial charge in [0.05, 0.1) is 25.4 Å². The molecular formula is C24H29N3O4. The summed E-state index contributed by atoms with van der Waals surface area (Å²) >= 11 is 0. The van der Waals surface area contributed by atoms with Gasteiger partial charge < -0.3 is 24.7 Å². The minimum Gasteiger partial charge on any atom is -0.497 e. The van der Waals surface area contributed by atoms with E-state index in [9.17, 15) is 9.59 Å². The number of nitrogens with zero attached hydrogens (tertiary/aromatic N) is 1. The van der Waals surface area contributed by atoms with Crippen LogP contribution < -0.4 is 20.3 Å². The van der Waals surface area contributed by atoms with Crippen molar-refractivity contribution in [3.8, 4) is 11.5 Å². The molecule has 164 valence electrons. The molecule has 0 aliphatic rings. The number of amides is 2. The van der Waals surface area contributed by atoms with Gasteiger partial charge in [0.25, 0.3) is 0 Å². The zero-order valence-electron chi connectivity index (χ0n) is 18.7. The van der Waals surface area contributed by atoms with E-state index in [-0.39, 0.29) is 11.6 Å². The minimum absolute atomic E-state index is 0.178. The molecule has 0 saturated carbocycles. The average molecular weight is 424 g/mol. The van der Waals surface area contributed by atoms with Crippen molar-refractivity contribution in [2.45, 2.75) is 33.7 Å². The van der Waals surface area contributed by atoms with E-state index in [0.29, 0.717) is 30.3 Å². The SMILES string of the molecule is CCCN(Cc1cc(=O)[nH]c2c(C)cc(C)cc12)C(=O)Nc1ccc(OC)cc1OC. The quantitative estimate of drug-likeness (QED) is 0.581. The van der Waals surface area contributed by atoms with Crippen LogP contribution in [0.25, 0.3) is 10.9 Å². The van der Waals surface area contributed by atoms with Crippen LogP contribution in [0.2, 0.25) is 0 Å². The number of benzene rings is 2. The van der Waals surface area contributed by atoms with Crippen LogP contribution in [-0.2, 0) is 6.54 Å². The smallest absolute Gasteiger partial charge is 0.322 e. The van der Waals surface area contributed by atoms with E-state index in [1.807, 2.05) is 32.9 Å². The van der Waals surface area contributed by atoms with Gasteiger partial charge in [-0.25, -0.2) is 4.79 Å². The molecule has 7 heteroatoms. The van der Waals surface area contributed by atoms with Crippen molar-refractivity contribution < 1.29 is 14.3 Å². The maximum atomic E-state index is 13.1. The van der Waals surface area contributed by atoms with E-state index in [4.69, 9.17) is 9.47 Å². The van der Waals surface area contributed by atoms with Crippen LogP contribution in [0.4, 0.5) is 10.5 Å². The van der Waals surface area contributed by atoms with Crippen LogP contribution in [-0.4, -0.2) is 36.7 Å². The largest absolute Gasteiger partial charge is 0.497 e. The number of rotatable bonds is 7. The van der Waals surface area contributed by atoms with Gasteiger partial charge in [-0.1, -0.05) is 18.6 Å². The second-order valence-corrected chi connectivity index (χ2v) is 7.58. The number of fused-ring (bicyclic) bond motifs is 1. The number of carbonyl (C=O) groups is 1. The lowest BCUT2D eigenvalue weighted by Gasteiger charge is -2.24. The summed E-state index contributed by atoms with van der Waals surface area (Å²) in [4.78, 5) is 30.0. The molecule has 0 aliphatic carbocycles. The molecule has 0 atom stereocenters. The number of pyridine rings is 1. The number of anilines is 1. The summed E-state index contributed by atoms with van der Waals surface area (Å²) in [6.07, 6.45) is 0.784. The third-order valence-corrected chi connectivity index (χ3v) is 5.17. The summed E-state index contributed by atoms with van der Waals surface area (Å²) in [7, 11) is 3.12. The summed E-state index contributed by atoms with van der Waals surface area (Å²) in [5.74, 6) is 1.15. The zero-order chi connectivity index (χ0) is 22.5. The first-order chi connectivity index (χ1) is 14.9. The highest BCUT2D eigenvalue weighted by Crippen LogP contribution is 2.29. The summed E-state index contributed by atoms with van der Waals surface area (Å²) in [5, 5.41) is 3.88. The van der Waals surface area contributed by atoms with Crippen molar-refractivity contribution in [2.24, 2.45) is 0 Å². The Bertz CT molecular complexity index is 1150. The third kappa shape index (κ3) is 4.99. The molecule has 0 spiro atoms. The number of aromatic nitrogens is 1. The molecule has 2 N–H and O–H groups in total. The van der Waals surface area contributed by atoms with Gasteiger partial charge in [-0.15, -0.1) is 0 Å². The van der Waals surface area contributed by atoms with Gasteiger partial charge in [-0.3, -0.25) is 4.79 Å². The molecule has 2 aromatic carbocycles. The minimum atomic E-state index is -0.261. The molecule has 0 fully saturated rings. The third-order valence-electron chi connectivity index (χ3n) is 5.17. The molecule has 3 aromatic rings. The van der Waals surface area contributed by atoms with Gasteiger partial charge in [0.15, 0.2) is 0 Å². The number of nitrogens with one attached hydrogen (secondary N) is 2. The summed E-state index contributed by atoms with van der Waals surface area (Å²) < 4.78 is 10.6. The first-order valence-electron chi connectivity index (χ1n) is 10.3. The molecule has 7 nitrogen and oxygen atoms in total. The highest BCUT2D eigenvalue weighted by atomic mass is 16.5. The summed E-state index contributed by atoms with van der Waals surface area (Å²) in [5.41, 5.74) is 4.11. The molecule has 1 heterocycles. The fourth-order valence-electron chi connectivity index (χ4n) is 3.74. The first-order valence-corrected chi connectivity index (χ1v) is 10.3. The highest BCUT2D eigenvalue weighted by molar-refractivity contribution is 5.92. The zero-order valence-corrected chi connectivity index (χ0v) is 18.7. The Morgan fingerprint density at radius 3 is 2.55 bits per heavy atom. The molecule has 0 aliphatic heterocycles. The second-order valence-electron chi connectivity index (χ2n) is 7.58. The lowest BCUT2D eigenvalue weighted by atomic mass is 10.0. The summed E-state index contributed by atoms with van der Waals surface area (Å²) in [6, 6.07) is 10.6. The van der Waals surface area contributed by atoms with E-state index in [2.05, 4.69) is 10.3 Å². The maximum Gasteiger partial charge on any atom is 0.322 e. The lowest BCUT2D eigenvalue weighted by Crippen LogP contribution is -2.35. The van der Waals surface area contributed by atoms with Gasteiger partial charge in [-0.2, -0.15) is 0 Å². The number of ether oxygens (including phenoxy) is 2. The fourth-order valence-corrected chi connectivity index (χ4v) is 3.74. The normalized spacial score (nSPS) is 10.7. The van der Waals surface area contributed by atoms with E-state index in [1.165, 1.54) is 0 Å².